The second-order valence-electron chi connectivity index (χ2n) is 7.39. The number of alkyl halides is 5. The number of carboxylic acid groups (broad SMARTS) is 1. The fraction of sp³-hybridized carbons (Fsp3) is 0.381. The first-order valence-corrected chi connectivity index (χ1v) is 10.2. The van der Waals surface area contributed by atoms with Crippen LogP contribution in [-0.2, 0) is 9.59 Å². The molecule has 0 radical (unpaired) electrons. The van der Waals surface area contributed by atoms with Gasteiger partial charge < -0.3 is 25.8 Å². The van der Waals surface area contributed by atoms with Gasteiger partial charge >= 0.3 is 12.1 Å². The highest BCUT2D eigenvalue weighted by molar-refractivity contribution is 6.07. The average molecular weight is 517 g/mol. The number of aliphatic carboxylic acids is 1. The largest absolute Gasteiger partial charge is 0.492 e. The van der Waals surface area contributed by atoms with Gasteiger partial charge in [-0.05, 0) is 24.3 Å². The Balaban J connectivity index is 0.000000572. The maximum atomic E-state index is 13.5. The molecule has 1 aromatic carbocycles. The molecule has 1 saturated heterocycles. The van der Waals surface area contributed by atoms with Gasteiger partial charge in [-0.2, -0.15) is 18.4 Å². The quantitative estimate of drug-likeness (QED) is 0.489. The number of amides is 2. The maximum absolute atomic E-state index is 13.5. The molecule has 10 nitrogen and oxygen atoms in total. The number of carbonyl (C=O) groups is 3. The molecular weight excluding hydrogens is 497 g/mol. The molecule has 0 unspecified atom stereocenters. The third-order valence-corrected chi connectivity index (χ3v) is 4.73. The summed E-state index contributed by atoms with van der Waals surface area (Å²) in [7, 11) is 0. The van der Waals surface area contributed by atoms with Gasteiger partial charge in [0.15, 0.2) is 0 Å². The van der Waals surface area contributed by atoms with E-state index in [9.17, 15) is 31.5 Å². The zero-order chi connectivity index (χ0) is 27.1. The predicted octanol–water partition coefficient (Wildman–Crippen LogP) is 1.70. The molecule has 0 aliphatic carbocycles. The number of halogens is 5. The second-order valence-corrected chi connectivity index (χ2v) is 7.39. The minimum absolute atomic E-state index is 0.254. The van der Waals surface area contributed by atoms with Crippen LogP contribution in [-0.4, -0.2) is 77.2 Å². The first-order valence-electron chi connectivity index (χ1n) is 10.2. The van der Waals surface area contributed by atoms with Crippen LogP contribution in [0.2, 0.25) is 0 Å². The highest BCUT2D eigenvalue weighted by Crippen LogP contribution is 2.31. The molecule has 2 amide bonds. The van der Waals surface area contributed by atoms with Crippen LogP contribution >= 0.6 is 0 Å². The number of nitrogens with one attached hydrogen (secondary N) is 1. The van der Waals surface area contributed by atoms with Gasteiger partial charge in [0.1, 0.15) is 18.4 Å². The van der Waals surface area contributed by atoms with E-state index in [-0.39, 0.29) is 5.56 Å². The van der Waals surface area contributed by atoms with Crippen molar-refractivity contribution in [3.05, 3.63) is 36.0 Å². The van der Waals surface area contributed by atoms with E-state index in [0.29, 0.717) is 29.8 Å². The number of nitrogens with zero attached hydrogens (tertiary/aromatic N) is 3. The number of aromatic nitrogens is 1. The van der Waals surface area contributed by atoms with Crippen molar-refractivity contribution in [3.8, 4) is 11.8 Å². The summed E-state index contributed by atoms with van der Waals surface area (Å²) < 4.78 is 64.2. The van der Waals surface area contributed by atoms with Gasteiger partial charge in [0, 0.05) is 24.5 Å². The number of likely N-dealkylation sites (tertiary alicyclic amines) is 1. The second kappa shape index (κ2) is 11.6. The fourth-order valence-electron chi connectivity index (χ4n) is 3.14. The molecule has 0 bridgehead atoms. The van der Waals surface area contributed by atoms with E-state index in [1.165, 1.54) is 12.3 Å². The number of nitriles is 1. The van der Waals surface area contributed by atoms with Crippen LogP contribution in [0.25, 0.3) is 10.9 Å². The lowest BCUT2D eigenvalue weighted by molar-refractivity contribution is -0.192. The zero-order valence-corrected chi connectivity index (χ0v) is 18.4. The van der Waals surface area contributed by atoms with E-state index in [2.05, 4.69) is 10.3 Å². The monoisotopic (exact) mass is 517 g/mol. The van der Waals surface area contributed by atoms with E-state index in [1.54, 1.807) is 24.3 Å². The molecule has 15 heteroatoms. The molecule has 2 aromatic rings. The Morgan fingerprint density at radius 2 is 1.97 bits per heavy atom. The van der Waals surface area contributed by atoms with Gasteiger partial charge in [-0.1, -0.05) is 0 Å². The van der Waals surface area contributed by atoms with E-state index >= 15 is 0 Å². The number of hydrogen-bond donors (Lipinski definition) is 3. The summed E-state index contributed by atoms with van der Waals surface area (Å²) in [5.74, 6) is -6.67. The molecule has 1 atom stereocenters. The topological polar surface area (TPSA) is 159 Å². The molecule has 1 aliphatic rings. The molecule has 1 aromatic heterocycles. The average Bonchev–Trinajstić information content (AvgIpc) is 3.14. The first kappa shape index (κ1) is 28.2. The molecule has 4 N–H and O–H groups in total. The van der Waals surface area contributed by atoms with E-state index < -0.39 is 55.4 Å². The Labute approximate surface area is 200 Å². The van der Waals surface area contributed by atoms with Crippen LogP contribution in [0, 0.1) is 11.3 Å². The van der Waals surface area contributed by atoms with Crippen molar-refractivity contribution in [1.29, 1.82) is 5.26 Å². The van der Waals surface area contributed by atoms with Crippen LogP contribution in [0.5, 0.6) is 5.75 Å². The van der Waals surface area contributed by atoms with Crippen molar-refractivity contribution in [2.45, 2.75) is 24.6 Å². The molecule has 2 heterocycles. The van der Waals surface area contributed by atoms with E-state index in [1.807, 2.05) is 0 Å². The smallest absolute Gasteiger partial charge is 0.490 e. The lowest BCUT2D eigenvalue weighted by atomic mass is 10.1. The van der Waals surface area contributed by atoms with Crippen molar-refractivity contribution in [2.24, 2.45) is 5.73 Å². The highest BCUT2D eigenvalue weighted by atomic mass is 19.4. The highest BCUT2D eigenvalue weighted by Gasteiger charge is 2.47. The SMILES string of the molecule is N#C[C@@H]1CC(F)(F)CN1C(=O)CNC(=O)c1ccnc2ccc(OCCN)cc12.O=C(O)C(F)(F)F. The van der Waals surface area contributed by atoms with Gasteiger partial charge in [-0.3, -0.25) is 14.6 Å². The Morgan fingerprint density at radius 3 is 2.56 bits per heavy atom. The van der Waals surface area contributed by atoms with E-state index in [0.717, 1.165) is 4.90 Å². The summed E-state index contributed by atoms with van der Waals surface area (Å²) in [6.07, 6.45) is -4.34. The number of nitrogens with two attached hydrogens (primary N) is 1. The Kier molecular flexibility index (Phi) is 9.06. The number of ether oxygens (including phenoxy) is 1. The van der Waals surface area contributed by atoms with Crippen molar-refractivity contribution >= 4 is 28.7 Å². The summed E-state index contributed by atoms with van der Waals surface area (Å²) in [6, 6.07) is 7.00. The standard InChI is InChI=1S/C19H19F2N5O3.C2HF3O2/c20-19(21)8-12(9-23)26(11-19)17(27)10-25-18(28)14-3-5-24-16-2-1-13(7-15(14)16)29-6-4-22;3-2(4,5)1(6)7/h1-3,5,7,12H,4,6,8,10-11,22H2,(H,25,28);(H,6,7)/t12-;/m0./s1. The lowest BCUT2D eigenvalue weighted by Crippen LogP contribution is -2.43. The van der Waals surface area contributed by atoms with Crippen LogP contribution in [0.15, 0.2) is 30.5 Å². The van der Waals surface area contributed by atoms with Crippen molar-refractivity contribution in [2.75, 3.05) is 26.2 Å². The Hall–Kier alpha value is -4.06. The van der Waals surface area contributed by atoms with Crippen LogP contribution < -0.4 is 15.8 Å². The zero-order valence-electron chi connectivity index (χ0n) is 18.4. The van der Waals surface area contributed by atoms with E-state index in [4.69, 9.17) is 25.6 Å². The summed E-state index contributed by atoms with van der Waals surface area (Å²) in [6.45, 7) is -0.692. The third-order valence-electron chi connectivity index (χ3n) is 4.73. The molecule has 36 heavy (non-hydrogen) atoms. The summed E-state index contributed by atoms with van der Waals surface area (Å²) >= 11 is 0. The minimum Gasteiger partial charge on any atom is -0.492 e. The number of hydrogen-bond acceptors (Lipinski definition) is 7. The molecule has 1 aliphatic heterocycles. The third kappa shape index (κ3) is 7.47. The van der Waals surface area contributed by atoms with Gasteiger partial charge in [0.05, 0.1) is 30.2 Å². The van der Waals surface area contributed by atoms with Gasteiger partial charge in [-0.15, -0.1) is 0 Å². The Bertz CT molecular complexity index is 1170. The number of rotatable bonds is 6. The minimum atomic E-state index is -5.08. The molecular formula is C21H20F5N5O5. The Morgan fingerprint density at radius 1 is 1.31 bits per heavy atom. The van der Waals surface area contributed by atoms with Crippen molar-refractivity contribution in [3.63, 3.8) is 0 Å². The number of benzene rings is 1. The maximum Gasteiger partial charge on any atom is 0.490 e. The van der Waals surface area contributed by atoms with Crippen LogP contribution in [0.3, 0.4) is 0 Å². The van der Waals surface area contributed by atoms with Gasteiger partial charge in [0.25, 0.3) is 11.8 Å². The molecule has 0 spiro atoms. The van der Waals surface area contributed by atoms with Crippen molar-refractivity contribution < 1.29 is 46.2 Å². The number of carbonyl (C=O) groups excluding carboxylic acids is 2. The number of fused-ring (bicyclic) bond motifs is 1. The number of pyridine rings is 1. The predicted molar refractivity (Wildman–Crippen MR) is 113 cm³/mol. The van der Waals surface area contributed by atoms with Crippen LogP contribution in [0.1, 0.15) is 16.8 Å². The van der Waals surface area contributed by atoms with Crippen molar-refractivity contribution in [1.82, 2.24) is 15.2 Å². The summed E-state index contributed by atoms with van der Waals surface area (Å²) in [5, 5.41) is 19.1. The molecule has 194 valence electrons. The van der Waals surface area contributed by atoms with Crippen LogP contribution in [0.4, 0.5) is 22.0 Å². The van der Waals surface area contributed by atoms with Gasteiger partial charge in [0.2, 0.25) is 5.91 Å². The molecule has 3 rings (SSSR count). The normalized spacial score (nSPS) is 16.5. The first-order chi connectivity index (χ1) is 16.8. The summed E-state index contributed by atoms with van der Waals surface area (Å²) in [4.78, 5) is 38.7. The molecule has 0 saturated carbocycles. The van der Waals surface area contributed by atoms with Gasteiger partial charge in [-0.25, -0.2) is 13.6 Å². The summed E-state index contributed by atoms with van der Waals surface area (Å²) in [5.41, 5.74) is 6.22. The number of carboxylic acids is 1. The fourth-order valence-corrected chi connectivity index (χ4v) is 3.14. The molecule has 1 fully saturated rings. The lowest BCUT2D eigenvalue weighted by Gasteiger charge is -2.19.